The van der Waals surface area contributed by atoms with E-state index in [1.807, 2.05) is 18.4 Å². The lowest BCUT2D eigenvalue weighted by atomic mass is 10.3. The molecular weight excluding hydrogens is 346 g/mol. The van der Waals surface area contributed by atoms with E-state index in [4.69, 9.17) is 17.3 Å². The van der Waals surface area contributed by atoms with Crippen LogP contribution in [0.2, 0.25) is 4.34 Å². The number of anilines is 2. The highest BCUT2D eigenvalue weighted by Gasteiger charge is 2.19. The largest absolute Gasteiger partial charge is 0.396 e. The number of thioether (sulfide) groups is 1. The summed E-state index contributed by atoms with van der Waals surface area (Å²) in [5.74, 6) is -0.147. The third-order valence-electron chi connectivity index (χ3n) is 2.82. The highest BCUT2D eigenvalue weighted by Crippen LogP contribution is 2.41. The van der Waals surface area contributed by atoms with Gasteiger partial charge in [-0.3, -0.25) is 4.79 Å². The Morgan fingerprint density at radius 2 is 2.19 bits per heavy atom. The number of nitrogen functional groups attached to an aromatic ring is 1. The van der Waals surface area contributed by atoms with Crippen molar-refractivity contribution >= 4 is 62.6 Å². The molecule has 8 heteroatoms. The summed E-state index contributed by atoms with van der Waals surface area (Å²) in [4.78, 5) is 14.5. The Morgan fingerprint density at radius 3 is 2.76 bits per heavy atom. The van der Waals surface area contributed by atoms with Crippen molar-refractivity contribution in [2.45, 2.75) is 11.3 Å². The standard InChI is InChI=1S/C13H16ClN3OS3/c1-16-12(18)10-9(15)11(19-2)13(21-10)17-6-5-7-3-4-8(14)20-7/h3-4,17H,5-6,15H2,1-2H3,(H,16,18). The van der Waals surface area contributed by atoms with Gasteiger partial charge in [0.1, 0.15) is 9.88 Å². The minimum atomic E-state index is -0.147. The number of hydrogen-bond donors (Lipinski definition) is 3. The number of nitrogens with two attached hydrogens (primary N) is 1. The van der Waals surface area contributed by atoms with Gasteiger partial charge in [-0.05, 0) is 24.8 Å². The van der Waals surface area contributed by atoms with Gasteiger partial charge in [0.25, 0.3) is 5.91 Å². The fraction of sp³-hybridized carbons (Fsp3) is 0.308. The molecular formula is C13H16ClN3OS3. The quantitative estimate of drug-likeness (QED) is 0.685. The van der Waals surface area contributed by atoms with Crippen molar-refractivity contribution in [2.75, 3.05) is 30.9 Å². The molecule has 0 bridgehead atoms. The van der Waals surface area contributed by atoms with Gasteiger partial charge in [0.05, 0.1) is 14.9 Å². The zero-order valence-corrected chi connectivity index (χ0v) is 14.9. The van der Waals surface area contributed by atoms with Crippen LogP contribution >= 0.6 is 46.0 Å². The number of rotatable bonds is 6. The highest BCUT2D eigenvalue weighted by molar-refractivity contribution is 7.99. The molecule has 2 aromatic rings. The van der Waals surface area contributed by atoms with E-state index >= 15 is 0 Å². The van der Waals surface area contributed by atoms with Crippen molar-refractivity contribution in [3.8, 4) is 0 Å². The van der Waals surface area contributed by atoms with Crippen molar-refractivity contribution < 1.29 is 4.79 Å². The van der Waals surface area contributed by atoms with Gasteiger partial charge in [0.15, 0.2) is 0 Å². The summed E-state index contributed by atoms with van der Waals surface area (Å²) in [6.07, 6.45) is 2.84. The molecule has 114 valence electrons. The van der Waals surface area contributed by atoms with Gasteiger partial charge >= 0.3 is 0 Å². The fourth-order valence-electron chi connectivity index (χ4n) is 1.82. The third kappa shape index (κ3) is 3.85. The average molecular weight is 362 g/mol. The highest BCUT2D eigenvalue weighted by atomic mass is 35.5. The van der Waals surface area contributed by atoms with Gasteiger partial charge in [-0.15, -0.1) is 34.4 Å². The summed E-state index contributed by atoms with van der Waals surface area (Å²) in [6.45, 7) is 0.775. The molecule has 0 aliphatic carbocycles. The lowest BCUT2D eigenvalue weighted by Crippen LogP contribution is -2.17. The second kappa shape index (κ2) is 7.40. The van der Waals surface area contributed by atoms with Gasteiger partial charge in [-0.2, -0.15) is 0 Å². The van der Waals surface area contributed by atoms with E-state index in [1.165, 1.54) is 16.2 Å². The van der Waals surface area contributed by atoms with Crippen LogP contribution in [0.15, 0.2) is 17.0 Å². The molecule has 2 aromatic heterocycles. The van der Waals surface area contributed by atoms with Crippen LogP contribution < -0.4 is 16.4 Å². The lowest BCUT2D eigenvalue weighted by Gasteiger charge is -2.05. The van der Waals surface area contributed by atoms with Crippen LogP contribution in [0.1, 0.15) is 14.5 Å². The number of nitrogens with one attached hydrogen (secondary N) is 2. The van der Waals surface area contributed by atoms with Gasteiger partial charge in [-0.25, -0.2) is 0 Å². The summed E-state index contributed by atoms with van der Waals surface area (Å²) < 4.78 is 0.803. The van der Waals surface area contributed by atoms with Crippen molar-refractivity contribution in [1.82, 2.24) is 5.32 Å². The lowest BCUT2D eigenvalue weighted by molar-refractivity contribution is 0.0968. The first-order chi connectivity index (χ1) is 10.1. The Bertz CT molecular complexity index is 639. The summed E-state index contributed by atoms with van der Waals surface area (Å²) in [5.41, 5.74) is 6.60. The van der Waals surface area contributed by atoms with Crippen LogP contribution in [-0.2, 0) is 6.42 Å². The minimum absolute atomic E-state index is 0.147. The zero-order chi connectivity index (χ0) is 15.4. The topological polar surface area (TPSA) is 67.2 Å². The van der Waals surface area contributed by atoms with Crippen molar-refractivity contribution in [1.29, 1.82) is 0 Å². The molecule has 21 heavy (non-hydrogen) atoms. The number of carbonyl (C=O) groups is 1. The summed E-state index contributed by atoms with van der Waals surface area (Å²) in [5, 5.41) is 6.92. The molecule has 0 aliphatic rings. The monoisotopic (exact) mass is 361 g/mol. The molecule has 0 fully saturated rings. The molecule has 0 radical (unpaired) electrons. The third-order valence-corrected chi connectivity index (χ3v) is 6.24. The predicted molar refractivity (Wildman–Crippen MR) is 95.4 cm³/mol. The molecule has 1 amide bonds. The molecule has 4 nitrogen and oxygen atoms in total. The van der Waals surface area contributed by atoms with Crippen molar-refractivity contribution in [3.63, 3.8) is 0 Å². The Kier molecular flexibility index (Phi) is 5.80. The summed E-state index contributed by atoms with van der Waals surface area (Å²) >= 11 is 10.4. The number of amides is 1. The Morgan fingerprint density at radius 1 is 1.43 bits per heavy atom. The van der Waals surface area contributed by atoms with E-state index in [0.717, 1.165) is 27.2 Å². The first kappa shape index (κ1) is 16.5. The van der Waals surface area contributed by atoms with E-state index in [1.54, 1.807) is 30.1 Å². The molecule has 4 N–H and O–H groups in total. The fourth-order valence-corrected chi connectivity index (χ4v) is 4.91. The SMILES string of the molecule is CNC(=O)c1sc(NCCc2ccc(Cl)s2)c(SC)c1N. The van der Waals surface area contributed by atoms with E-state index in [0.29, 0.717) is 10.6 Å². The van der Waals surface area contributed by atoms with Crippen LogP contribution in [0.25, 0.3) is 0 Å². The van der Waals surface area contributed by atoms with Crippen LogP contribution in [0.3, 0.4) is 0 Å². The van der Waals surface area contributed by atoms with Crippen LogP contribution in [-0.4, -0.2) is 25.8 Å². The van der Waals surface area contributed by atoms with Crippen molar-refractivity contribution in [2.24, 2.45) is 0 Å². The predicted octanol–water partition coefficient (Wildman–Crippen LogP) is 3.78. The maximum absolute atomic E-state index is 11.8. The van der Waals surface area contributed by atoms with Crippen molar-refractivity contribution in [3.05, 3.63) is 26.2 Å². The molecule has 2 heterocycles. The average Bonchev–Trinajstić information content (AvgIpc) is 3.02. The van der Waals surface area contributed by atoms with E-state index in [9.17, 15) is 4.79 Å². The maximum atomic E-state index is 11.8. The molecule has 0 saturated carbocycles. The molecule has 0 atom stereocenters. The summed E-state index contributed by atoms with van der Waals surface area (Å²) in [6, 6.07) is 3.94. The number of thiophene rings is 2. The van der Waals surface area contributed by atoms with Crippen LogP contribution in [0.4, 0.5) is 10.7 Å². The molecule has 0 aliphatic heterocycles. The zero-order valence-electron chi connectivity index (χ0n) is 11.7. The number of carbonyl (C=O) groups excluding carboxylic acids is 1. The van der Waals surface area contributed by atoms with Crippen LogP contribution in [0.5, 0.6) is 0 Å². The first-order valence-corrected chi connectivity index (χ1v) is 9.46. The number of halogens is 1. The Hall–Kier alpha value is -0.890. The second-order valence-electron chi connectivity index (χ2n) is 4.17. The van der Waals surface area contributed by atoms with Gasteiger partial charge in [0.2, 0.25) is 0 Å². The van der Waals surface area contributed by atoms with E-state index < -0.39 is 0 Å². The molecule has 0 spiro atoms. The van der Waals surface area contributed by atoms with E-state index in [2.05, 4.69) is 10.6 Å². The second-order valence-corrected chi connectivity index (χ2v) is 7.81. The van der Waals surface area contributed by atoms with Crippen LogP contribution in [0, 0.1) is 0 Å². The minimum Gasteiger partial charge on any atom is -0.396 e. The number of hydrogen-bond acceptors (Lipinski definition) is 6. The van der Waals surface area contributed by atoms with Gasteiger partial charge < -0.3 is 16.4 Å². The molecule has 0 unspecified atom stereocenters. The smallest absolute Gasteiger partial charge is 0.263 e. The van der Waals surface area contributed by atoms with Gasteiger partial charge in [-0.1, -0.05) is 11.6 Å². The molecule has 2 rings (SSSR count). The first-order valence-electron chi connectivity index (χ1n) is 6.23. The Labute approximate surface area is 141 Å². The molecule has 0 saturated heterocycles. The normalized spacial score (nSPS) is 10.6. The van der Waals surface area contributed by atoms with E-state index in [-0.39, 0.29) is 5.91 Å². The Balaban J connectivity index is 2.07. The summed E-state index contributed by atoms with van der Waals surface area (Å²) in [7, 11) is 1.61. The van der Waals surface area contributed by atoms with Gasteiger partial charge in [0, 0.05) is 18.5 Å². The molecule has 0 aromatic carbocycles. The maximum Gasteiger partial charge on any atom is 0.263 e.